The van der Waals surface area contributed by atoms with Gasteiger partial charge in [0.2, 0.25) is 0 Å². The molecule has 0 radical (unpaired) electrons. The Morgan fingerprint density at radius 2 is 1.24 bits per heavy atom. The third-order valence-electron chi connectivity index (χ3n) is 12.4. The molecule has 0 saturated carbocycles. The standard InChI is InChI=1S/C55H38N4/c1-59-31-30-43(44-26-20-38-24-28-48(57-53(38)55(44)59)35-10-4-2-5-11-35)40-22-25-42-39(32-40)18-16-34-17-19-41(33-47(34)42)49-29-23-37-21-27-46-51(36-12-6-3-7-13-36)45-14-8-9-15-50(45)58-54(46)52(37)56-49/h2-4,6-10,12-30,32-33H,5,11,31H2,1H3. The number of hydrogen-bond acceptors (Lipinski definition) is 4. The average molecular weight is 755 g/mol. The van der Waals surface area contributed by atoms with Crippen LogP contribution in [0.5, 0.6) is 0 Å². The summed E-state index contributed by atoms with van der Waals surface area (Å²) in [5, 5.41) is 9.38. The Hall–Kier alpha value is -7.43. The zero-order valence-electron chi connectivity index (χ0n) is 32.7. The number of para-hydroxylation sites is 1. The van der Waals surface area contributed by atoms with Crippen LogP contribution in [0.2, 0.25) is 0 Å². The monoisotopic (exact) mass is 754 g/mol. The fraction of sp³-hybridized carbons (Fsp3) is 0.0727. The van der Waals surface area contributed by atoms with E-state index in [-0.39, 0.29) is 0 Å². The summed E-state index contributed by atoms with van der Waals surface area (Å²) in [6.45, 7) is 0.825. The fourth-order valence-corrected chi connectivity index (χ4v) is 9.48. The molecule has 12 rings (SSSR count). The lowest BCUT2D eigenvalue weighted by molar-refractivity contribution is 1.01. The summed E-state index contributed by atoms with van der Waals surface area (Å²) in [5.74, 6) is 0. The highest BCUT2D eigenvalue weighted by Crippen LogP contribution is 2.42. The Kier molecular flexibility index (Phi) is 7.61. The van der Waals surface area contributed by atoms with Crippen LogP contribution in [0.25, 0.3) is 98.7 Å². The van der Waals surface area contributed by atoms with E-state index in [4.69, 9.17) is 15.0 Å². The van der Waals surface area contributed by atoms with Crippen molar-refractivity contribution in [2.24, 2.45) is 0 Å². The molecular weight excluding hydrogens is 717 g/mol. The van der Waals surface area contributed by atoms with Gasteiger partial charge in [0.1, 0.15) is 0 Å². The van der Waals surface area contributed by atoms with E-state index in [1.165, 1.54) is 66.0 Å². The van der Waals surface area contributed by atoms with Crippen molar-refractivity contribution < 1.29 is 0 Å². The molecule has 10 aromatic rings. The molecule has 4 heterocycles. The normalized spacial score (nSPS) is 14.1. The fourth-order valence-electron chi connectivity index (χ4n) is 9.48. The van der Waals surface area contributed by atoms with Gasteiger partial charge in [-0.15, -0.1) is 0 Å². The minimum atomic E-state index is 0.825. The summed E-state index contributed by atoms with van der Waals surface area (Å²) >= 11 is 0. The first-order chi connectivity index (χ1) is 29.1. The molecule has 4 nitrogen and oxygen atoms in total. The highest BCUT2D eigenvalue weighted by atomic mass is 15.1. The molecule has 278 valence electrons. The Balaban J connectivity index is 0.960. The lowest BCUT2D eigenvalue weighted by atomic mass is 9.89. The summed E-state index contributed by atoms with van der Waals surface area (Å²) in [6.07, 6.45) is 11.1. The van der Waals surface area contributed by atoms with Crippen LogP contribution in [-0.4, -0.2) is 28.5 Å². The third kappa shape index (κ3) is 5.48. The molecule has 3 aromatic heterocycles. The largest absolute Gasteiger partial charge is 0.369 e. The lowest BCUT2D eigenvalue weighted by Gasteiger charge is -2.29. The maximum Gasteiger partial charge on any atom is 0.0978 e. The van der Waals surface area contributed by atoms with E-state index >= 15 is 0 Å². The van der Waals surface area contributed by atoms with Crippen LogP contribution in [0.1, 0.15) is 29.7 Å². The minimum Gasteiger partial charge on any atom is -0.369 e. The number of anilines is 1. The van der Waals surface area contributed by atoms with Gasteiger partial charge in [0.25, 0.3) is 0 Å². The topological polar surface area (TPSA) is 41.9 Å². The number of benzene rings is 7. The molecule has 59 heavy (non-hydrogen) atoms. The van der Waals surface area contributed by atoms with Crippen molar-refractivity contribution in [3.8, 4) is 22.4 Å². The number of fused-ring (bicyclic) bond motifs is 10. The van der Waals surface area contributed by atoms with Crippen molar-refractivity contribution >= 4 is 82.0 Å². The van der Waals surface area contributed by atoms with Gasteiger partial charge in [-0.05, 0) is 87.0 Å². The van der Waals surface area contributed by atoms with Crippen LogP contribution < -0.4 is 4.90 Å². The molecule has 7 aromatic carbocycles. The van der Waals surface area contributed by atoms with Gasteiger partial charge in [0, 0.05) is 51.8 Å². The van der Waals surface area contributed by atoms with Gasteiger partial charge in [-0.1, -0.05) is 146 Å². The van der Waals surface area contributed by atoms with Crippen molar-refractivity contribution in [1.29, 1.82) is 0 Å². The summed E-state index contributed by atoms with van der Waals surface area (Å²) in [4.78, 5) is 18.2. The molecule has 1 aliphatic heterocycles. The van der Waals surface area contributed by atoms with Crippen LogP contribution in [0, 0.1) is 0 Å². The third-order valence-corrected chi connectivity index (χ3v) is 12.4. The van der Waals surface area contributed by atoms with Gasteiger partial charge < -0.3 is 4.90 Å². The predicted octanol–water partition coefficient (Wildman–Crippen LogP) is 13.7. The molecule has 0 spiro atoms. The Morgan fingerprint density at radius 1 is 0.508 bits per heavy atom. The SMILES string of the molecule is CN1CC=C(c2ccc3c(ccc4ccc(-c5ccc6ccc7c(-c8ccccc8)c8ccccc8nc7c6n5)cc43)c2)c2ccc3ccc(C4=CC=CCC4)nc3c21. The minimum absolute atomic E-state index is 0.825. The van der Waals surface area contributed by atoms with Gasteiger partial charge in [0.05, 0.1) is 39.1 Å². The van der Waals surface area contributed by atoms with Gasteiger partial charge in [-0.2, -0.15) is 0 Å². The summed E-state index contributed by atoms with van der Waals surface area (Å²) in [6, 6.07) is 54.9. The molecular formula is C55H38N4. The van der Waals surface area contributed by atoms with Gasteiger partial charge in [-0.25, -0.2) is 15.0 Å². The van der Waals surface area contributed by atoms with Crippen molar-refractivity contribution in [3.63, 3.8) is 0 Å². The van der Waals surface area contributed by atoms with Crippen LogP contribution in [0.3, 0.4) is 0 Å². The number of aromatic nitrogens is 3. The zero-order chi connectivity index (χ0) is 39.0. The lowest BCUT2D eigenvalue weighted by Crippen LogP contribution is -2.23. The second kappa shape index (κ2) is 13.3. The van der Waals surface area contributed by atoms with E-state index in [0.29, 0.717) is 0 Å². The quantitative estimate of drug-likeness (QED) is 0.133. The molecule has 0 bridgehead atoms. The molecule has 0 atom stereocenters. The number of pyridine rings is 3. The summed E-state index contributed by atoms with van der Waals surface area (Å²) in [5.41, 5.74) is 15.6. The Bertz CT molecular complexity index is 3490. The van der Waals surface area contributed by atoms with E-state index < -0.39 is 0 Å². The second-order valence-corrected chi connectivity index (χ2v) is 15.9. The summed E-state index contributed by atoms with van der Waals surface area (Å²) in [7, 11) is 2.18. The molecule has 0 N–H and O–H groups in total. The van der Waals surface area contributed by atoms with Crippen molar-refractivity contribution in [2.75, 3.05) is 18.5 Å². The van der Waals surface area contributed by atoms with Gasteiger partial charge in [0.15, 0.2) is 0 Å². The first-order valence-corrected chi connectivity index (χ1v) is 20.5. The molecule has 1 aliphatic carbocycles. The maximum absolute atomic E-state index is 5.37. The van der Waals surface area contributed by atoms with E-state index in [2.05, 4.69) is 188 Å². The molecule has 0 fully saturated rings. The number of rotatable bonds is 4. The number of hydrogen-bond donors (Lipinski definition) is 0. The van der Waals surface area contributed by atoms with Crippen LogP contribution in [0.15, 0.2) is 176 Å². The maximum atomic E-state index is 5.37. The Labute approximate surface area is 342 Å². The second-order valence-electron chi connectivity index (χ2n) is 15.9. The Morgan fingerprint density at radius 3 is 2.14 bits per heavy atom. The van der Waals surface area contributed by atoms with E-state index in [1.54, 1.807) is 0 Å². The van der Waals surface area contributed by atoms with Crippen molar-refractivity contribution in [3.05, 3.63) is 193 Å². The molecule has 0 amide bonds. The van der Waals surface area contributed by atoms with Crippen molar-refractivity contribution in [2.45, 2.75) is 12.8 Å². The molecule has 0 saturated heterocycles. The zero-order valence-corrected chi connectivity index (χ0v) is 32.7. The number of likely N-dealkylation sites (N-methyl/N-ethyl adjacent to an activating group) is 1. The van der Waals surface area contributed by atoms with Gasteiger partial charge >= 0.3 is 0 Å². The van der Waals surface area contributed by atoms with E-state index in [9.17, 15) is 0 Å². The first-order valence-electron chi connectivity index (χ1n) is 20.5. The smallest absolute Gasteiger partial charge is 0.0978 e. The van der Waals surface area contributed by atoms with Crippen LogP contribution in [0.4, 0.5) is 5.69 Å². The van der Waals surface area contributed by atoms with Crippen molar-refractivity contribution in [1.82, 2.24) is 15.0 Å². The molecule has 0 unspecified atom stereocenters. The highest BCUT2D eigenvalue weighted by molar-refractivity contribution is 6.16. The van der Waals surface area contributed by atoms with E-state index in [0.717, 1.165) is 74.6 Å². The number of allylic oxidation sites excluding steroid dienone is 4. The number of nitrogens with zero attached hydrogens (tertiary/aromatic N) is 4. The molecule has 4 heteroatoms. The first kappa shape index (κ1) is 33.7. The van der Waals surface area contributed by atoms with Crippen LogP contribution in [-0.2, 0) is 0 Å². The van der Waals surface area contributed by atoms with Gasteiger partial charge in [-0.3, -0.25) is 0 Å². The predicted molar refractivity (Wildman–Crippen MR) is 249 cm³/mol. The average Bonchev–Trinajstić information content (AvgIpc) is 3.30. The summed E-state index contributed by atoms with van der Waals surface area (Å²) < 4.78 is 0. The molecule has 2 aliphatic rings. The van der Waals surface area contributed by atoms with Crippen LogP contribution >= 0.6 is 0 Å². The van der Waals surface area contributed by atoms with E-state index in [1.807, 2.05) is 0 Å². The highest BCUT2D eigenvalue weighted by Gasteiger charge is 2.22.